The Morgan fingerprint density at radius 3 is 2.22 bits per heavy atom. The van der Waals surface area contributed by atoms with Crippen molar-refractivity contribution in [1.82, 2.24) is 15.5 Å². The molecule has 226 valence electrons. The first-order chi connectivity index (χ1) is 19.1. The first-order valence-corrected chi connectivity index (χ1v) is 13.8. The van der Waals surface area contributed by atoms with Crippen molar-refractivity contribution in [3.05, 3.63) is 29.8 Å². The van der Waals surface area contributed by atoms with Crippen molar-refractivity contribution in [3.63, 3.8) is 0 Å². The van der Waals surface area contributed by atoms with Crippen LogP contribution in [0.15, 0.2) is 24.3 Å². The van der Waals surface area contributed by atoms with Crippen LogP contribution in [0.2, 0.25) is 0 Å². The molecule has 0 aromatic heterocycles. The highest BCUT2D eigenvalue weighted by Gasteiger charge is 2.38. The number of nitrogens with zero attached hydrogens (tertiary/aromatic N) is 1. The van der Waals surface area contributed by atoms with Crippen LogP contribution in [-0.4, -0.2) is 91.2 Å². The van der Waals surface area contributed by atoms with Crippen LogP contribution in [0, 0.1) is 0 Å². The van der Waals surface area contributed by atoms with Gasteiger partial charge in [-0.25, -0.2) is 9.36 Å². The third-order valence-corrected chi connectivity index (χ3v) is 6.51. The highest BCUT2D eigenvalue weighted by Crippen LogP contribution is 2.37. The van der Waals surface area contributed by atoms with Gasteiger partial charge in [-0.15, -0.1) is 0 Å². The third-order valence-electron chi connectivity index (χ3n) is 6.06. The first kappa shape index (κ1) is 33.2. The van der Waals surface area contributed by atoms with E-state index in [2.05, 4.69) is 15.2 Å². The van der Waals surface area contributed by atoms with Crippen LogP contribution in [-0.2, 0) is 39.8 Å². The highest BCUT2D eigenvalue weighted by atomic mass is 31.2. The number of phosphoric acid groups is 1. The maximum atomic E-state index is 13.1. The summed E-state index contributed by atoms with van der Waals surface area (Å²) in [4.78, 5) is 91.8. The van der Waals surface area contributed by atoms with Crippen molar-refractivity contribution < 1.29 is 57.9 Å². The van der Waals surface area contributed by atoms with E-state index in [1.54, 1.807) is 0 Å². The van der Waals surface area contributed by atoms with E-state index in [0.29, 0.717) is 12.0 Å². The lowest BCUT2D eigenvalue weighted by Gasteiger charge is -2.28. The number of amides is 4. The average Bonchev–Trinajstić information content (AvgIpc) is 3.35. The molecule has 1 saturated heterocycles. The number of benzene rings is 1. The van der Waals surface area contributed by atoms with E-state index in [1.807, 2.05) is 0 Å². The lowest BCUT2D eigenvalue weighted by molar-refractivity contribution is -0.143. The Bertz CT molecular complexity index is 1200. The van der Waals surface area contributed by atoms with Crippen molar-refractivity contribution in [2.75, 3.05) is 6.54 Å². The molecule has 1 aliphatic heterocycles. The van der Waals surface area contributed by atoms with Crippen molar-refractivity contribution in [2.24, 2.45) is 11.5 Å². The molecule has 4 atom stereocenters. The number of rotatable bonds is 15. The number of likely N-dealkylation sites (tertiary alicyclic amines) is 1. The van der Waals surface area contributed by atoms with Gasteiger partial charge in [-0.1, -0.05) is 12.1 Å². The van der Waals surface area contributed by atoms with E-state index in [1.165, 1.54) is 24.3 Å². The molecule has 1 aromatic carbocycles. The fraction of sp³-hybridized carbons (Fsp3) is 0.478. The Kier molecular flexibility index (Phi) is 11.8. The van der Waals surface area contributed by atoms with E-state index in [0.717, 1.165) is 4.90 Å². The van der Waals surface area contributed by atoms with Gasteiger partial charge in [0, 0.05) is 19.4 Å². The molecule has 0 aliphatic carbocycles. The molecular formula is C23H32N5O12P. The number of carbonyl (C=O) groups is 6. The maximum absolute atomic E-state index is 13.1. The molecule has 0 bridgehead atoms. The summed E-state index contributed by atoms with van der Waals surface area (Å²) in [5, 5.41) is 23.4. The molecule has 17 nitrogen and oxygen atoms in total. The number of hydrogen-bond donors (Lipinski definition) is 8. The minimum atomic E-state index is -4.80. The van der Waals surface area contributed by atoms with Crippen molar-refractivity contribution in [1.29, 1.82) is 0 Å². The quantitative estimate of drug-likeness (QED) is 0.0993. The largest absolute Gasteiger partial charge is 0.524 e. The molecule has 1 aliphatic rings. The SMILES string of the molecule is NC(=O)C[C@H](N)C(=O)N1CCC[C@@H]1C(=O)N[C@@H](CCC(=O)O)C(=O)N[C@H](Cc1ccc(OP(=O)(O)O)cc1)C(=O)O. The summed E-state index contributed by atoms with van der Waals surface area (Å²) in [6.07, 6.45) is -1.04. The number of aliphatic carboxylic acids is 2. The molecule has 1 aromatic rings. The van der Waals surface area contributed by atoms with E-state index in [9.17, 15) is 38.4 Å². The Morgan fingerprint density at radius 1 is 1.05 bits per heavy atom. The van der Waals surface area contributed by atoms with Gasteiger partial charge in [0.25, 0.3) is 0 Å². The molecule has 1 heterocycles. The van der Waals surface area contributed by atoms with Crippen molar-refractivity contribution >= 4 is 43.4 Å². The zero-order chi connectivity index (χ0) is 30.9. The van der Waals surface area contributed by atoms with Crippen LogP contribution < -0.4 is 26.6 Å². The van der Waals surface area contributed by atoms with Crippen molar-refractivity contribution in [2.45, 2.75) is 62.7 Å². The summed E-state index contributed by atoms with van der Waals surface area (Å²) in [5.41, 5.74) is 11.1. The van der Waals surface area contributed by atoms with E-state index < -0.39 is 86.8 Å². The molecule has 2 rings (SSSR count). The minimum absolute atomic E-state index is 0.147. The summed E-state index contributed by atoms with van der Waals surface area (Å²) in [6.45, 7) is 0.147. The van der Waals surface area contributed by atoms with Crippen LogP contribution in [0.4, 0.5) is 0 Å². The smallest absolute Gasteiger partial charge is 0.481 e. The van der Waals surface area contributed by atoms with Gasteiger partial charge in [0.05, 0.1) is 12.5 Å². The molecule has 41 heavy (non-hydrogen) atoms. The lowest BCUT2D eigenvalue weighted by Crippen LogP contribution is -2.57. The molecular weight excluding hydrogens is 569 g/mol. The van der Waals surface area contributed by atoms with Gasteiger partial charge in [0.15, 0.2) is 0 Å². The fourth-order valence-corrected chi connectivity index (χ4v) is 4.55. The number of phosphoric ester groups is 1. The molecule has 1 fully saturated rings. The van der Waals surface area contributed by atoms with E-state index in [4.69, 9.17) is 26.4 Å². The number of carbonyl (C=O) groups excluding carboxylic acids is 4. The van der Waals surface area contributed by atoms with Gasteiger partial charge in [0.2, 0.25) is 23.6 Å². The molecule has 10 N–H and O–H groups in total. The average molecular weight is 602 g/mol. The van der Waals surface area contributed by atoms with Gasteiger partial charge >= 0.3 is 19.8 Å². The van der Waals surface area contributed by atoms with Gasteiger partial charge in [0.1, 0.15) is 23.9 Å². The highest BCUT2D eigenvalue weighted by molar-refractivity contribution is 7.46. The lowest BCUT2D eigenvalue weighted by atomic mass is 10.0. The zero-order valence-corrected chi connectivity index (χ0v) is 22.6. The molecule has 0 saturated carbocycles. The standard InChI is InChI=1S/C23H32N5O12P/c24-14(11-18(25)29)22(34)28-9-1-2-17(28)21(33)26-15(7-8-19(30)31)20(32)27-16(23(35)36)10-12-3-5-13(6-4-12)40-41(37,38)39/h3-6,14-17H,1-2,7-11,24H2,(H2,25,29)(H,26,33)(H,27,32)(H,30,31)(H,35,36)(H2,37,38,39)/t14-,15-,16+,17+/m0/s1. The maximum Gasteiger partial charge on any atom is 0.524 e. The predicted octanol–water partition coefficient (Wildman–Crippen LogP) is -2.19. The summed E-state index contributed by atoms with van der Waals surface area (Å²) in [6, 6.07) is -0.319. The molecule has 0 unspecified atom stereocenters. The number of carboxylic acid groups (broad SMARTS) is 2. The number of carboxylic acids is 2. The van der Waals surface area contributed by atoms with E-state index in [-0.39, 0.29) is 25.1 Å². The van der Waals surface area contributed by atoms with Crippen LogP contribution in [0.1, 0.15) is 37.7 Å². The normalized spacial score (nSPS) is 17.1. The van der Waals surface area contributed by atoms with Gasteiger partial charge in [-0.2, -0.15) is 0 Å². The minimum Gasteiger partial charge on any atom is -0.481 e. The number of nitrogens with two attached hydrogens (primary N) is 2. The zero-order valence-electron chi connectivity index (χ0n) is 21.7. The summed E-state index contributed by atoms with van der Waals surface area (Å²) >= 11 is 0. The Hall–Kier alpha value is -4.05. The molecule has 4 amide bonds. The Balaban J connectivity index is 2.14. The fourth-order valence-electron chi connectivity index (χ4n) is 4.16. The summed E-state index contributed by atoms with van der Waals surface area (Å²) in [7, 11) is -4.80. The second-order valence-corrected chi connectivity index (χ2v) is 10.5. The van der Waals surface area contributed by atoms with Crippen LogP contribution in [0.3, 0.4) is 0 Å². The third kappa shape index (κ3) is 10.8. The van der Waals surface area contributed by atoms with Gasteiger partial charge in [-0.05, 0) is 37.0 Å². The Morgan fingerprint density at radius 2 is 1.68 bits per heavy atom. The monoisotopic (exact) mass is 601 g/mol. The number of nitrogens with one attached hydrogen (secondary N) is 2. The summed E-state index contributed by atoms with van der Waals surface area (Å²) in [5.74, 6) is -6.20. The van der Waals surface area contributed by atoms with Gasteiger partial charge in [-0.3, -0.25) is 33.8 Å². The Labute approximate surface area is 233 Å². The molecule has 18 heteroatoms. The van der Waals surface area contributed by atoms with Crippen LogP contribution in [0.5, 0.6) is 5.75 Å². The number of hydrogen-bond acceptors (Lipinski definition) is 9. The second-order valence-electron chi connectivity index (χ2n) is 9.29. The number of primary amides is 1. The van der Waals surface area contributed by atoms with E-state index >= 15 is 0 Å². The predicted molar refractivity (Wildman–Crippen MR) is 138 cm³/mol. The molecule has 0 radical (unpaired) electrons. The van der Waals surface area contributed by atoms with Crippen molar-refractivity contribution in [3.8, 4) is 5.75 Å². The van der Waals surface area contributed by atoms with Gasteiger partial charge < -0.3 is 41.7 Å². The molecule has 0 spiro atoms. The summed E-state index contributed by atoms with van der Waals surface area (Å²) < 4.78 is 15.4. The second kappa shape index (κ2) is 14.5. The topological polar surface area (TPSA) is 289 Å². The van der Waals surface area contributed by atoms with Crippen LogP contribution in [0.25, 0.3) is 0 Å². The van der Waals surface area contributed by atoms with Crippen LogP contribution >= 0.6 is 7.82 Å². The first-order valence-electron chi connectivity index (χ1n) is 12.3.